The molecule has 1 aliphatic heterocycles. The first kappa shape index (κ1) is 24.6. The first-order valence-electron chi connectivity index (χ1n) is 12.9. The Morgan fingerprint density at radius 1 is 1.11 bits per heavy atom. The molecule has 0 amide bonds. The second-order valence-corrected chi connectivity index (χ2v) is 9.41. The quantitative estimate of drug-likeness (QED) is 0.208. The Labute approximate surface area is 210 Å². The van der Waals surface area contributed by atoms with Gasteiger partial charge in [0.15, 0.2) is 0 Å². The van der Waals surface area contributed by atoms with Crippen LogP contribution in [0, 0.1) is 6.92 Å². The molecule has 35 heavy (non-hydrogen) atoms. The molecule has 5 heteroatoms. The third-order valence-corrected chi connectivity index (χ3v) is 6.78. The summed E-state index contributed by atoms with van der Waals surface area (Å²) in [5.74, 6) is 2.05. The van der Waals surface area contributed by atoms with Gasteiger partial charge in [-0.05, 0) is 70.2 Å². The van der Waals surface area contributed by atoms with E-state index in [-0.39, 0.29) is 0 Å². The second-order valence-electron chi connectivity index (χ2n) is 9.41. The molecule has 2 N–H and O–H groups in total. The van der Waals surface area contributed by atoms with Gasteiger partial charge in [-0.15, -0.1) is 0 Å². The van der Waals surface area contributed by atoms with Crippen LogP contribution >= 0.6 is 0 Å². The van der Waals surface area contributed by atoms with E-state index in [9.17, 15) is 0 Å². The average molecular weight is 470 g/mol. The Morgan fingerprint density at radius 3 is 2.60 bits per heavy atom. The third kappa shape index (κ3) is 6.56. The number of aromatic amines is 1. The molecular weight excluding hydrogens is 430 g/mol. The molecule has 2 heterocycles. The maximum atomic E-state index is 5.15. The van der Waals surface area contributed by atoms with Crippen LogP contribution in [-0.2, 0) is 6.42 Å². The number of rotatable bonds is 9. The van der Waals surface area contributed by atoms with Gasteiger partial charge in [0.25, 0.3) is 0 Å². The summed E-state index contributed by atoms with van der Waals surface area (Å²) < 4.78 is 0. The number of aromatic nitrogens is 1. The molecule has 0 bridgehead atoms. The fourth-order valence-corrected chi connectivity index (χ4v) is 4.71. The normalized spacial score (nSPS) is 14.9. The van der Waals surface area contributed by atoms with Crippen molar-refractivity contribution in [3.05, 3.63) is 90.0 Å². The fraction of sp³-hybridized carbons (Fsp3) is 0.367. The van der Waals surface area contributed by atoms with Crippen molar-refractivity contribution in [1.29, 1.82) is 0 Å². The minimum atomic E-state index is 0.854. The van der Waals surface area contributed by atoms with Gasteiger partial charge >= 0.3 is 0 Å². The lowest BCUT2D eigenvalue weighted by Crippen LogP contribution is -2.33. The van der Waals surface area contributed by atoms with E-state index in [1.165, 1.54) is 41.3 Å². The number of nitrogens with one attached hydrogen (secondary N) is 2. The largest absolute Gasteiger partial charge is 0.361 e. The smallest absolute Gasteiger partial charge is 0.132 e. The monoisotopic (exact) mass is 469 g/mol. The number of aliphatic imine (C=N–C) groups is 1. The summed E-state index contributed by atoms with van der Waals surface area (Å²) in [7, 11) is 0. The number of likely N-dealkylation sites (tertiary alicyclic amines) is 1. The Kier molecular flexibility index (Phi) is 8.30. The number of hydrogen-bond acceptors (Lipinski definition) is 3. The number of piperidine rings is 1. The molecule has 184 valence electrons. The molecule has 0 unspecified atom stereocenters. The number of para-hydroxylation sites is 1. The highest BCUT2D eigenvalue weighted by atomic mass is 15.3. The first-order valence-corrected chi connectivity index (χ1v) is 12.9. The third-order valence-electron chi connectivity index (χ3n) is 6.78. The van der Waals surface area contributed by atoms with E-state index in [0.717, 1.165) is 55.6 Å². The summed E-state index contributed by atoms with van der Waals surface area (Å²) >= 11 is 0. The lowest BCUT2D eigenvalue weighted by molar-refractivity contribution is 0.282. The van der Waals surface area contributed by atoms with Gasteiger partial charge in [-0.2, -0.15) is 0 Å². The van der Waals surface area contributed by atoms with Gasteiger partial charge in [0.2, 0.25) is 0 Å². The van der Waals surface area contributed by atoms with Gasteiger partial charge < -0.3 is 20.1 Å². The number of aryl methyl sites for hydroxylation is 1. The van der Waals surface area contributed by atoms with E-state index >= 15 is 0 Å². The number of amidine groups is 1. The van der Waals surface area contributed by atoms with Crippen LogP contribution in [0.5, 0.6) is 0 Å². The van der Waals surface area contributed by atoms with Crippen molar-refractivity contribution < 1.29 is 0 Å². The maximum absolute atomic E-state index is 5.15. The molecule has 2 aromatic carbocycles. The van der Waals surface area contributed by atoms with Crippen LogP contribution in [0.1, 0.15) is 44.2 Å². The SMILES string of the molecule is C=C(/C=C(\N=C(C)N(CC)CCc1c[nH]c2ccccc12)N1CCCCC1)Nc1ccc(C)cc1. The lowest BCUT2D eigenvalue weighted by atomic mass is 10.1. The van der Waals surface area contributed by atoms with E-state index < -0.39 is 0 Å². The topological polar surface area (TPSA) is 46.7 Å². The van der Waals surface area contributed by atoms with E-state index in [1.54, 1.807) is 0 Å². The van der Waals surface area contributed by atoms with Crippen molar-refractivity contribution in [1.82, 2.24) is 14.8 Å². The van der Waals surface area contributed by atoms with Gasteiger partial charge in [0.05, 0.1) is 0 Å². The zero-order chi connectivity index (χ0) is 24.6. The predicted molar refractivity (Wildman–Crippen MR) is 150 cm³/mol. The number of benzene rings is 2. The molecular formula is C30H39N5. The number of hydrogen-bond donors (Lipinski definition) is 2. The number of H-pyrrole nitrogens is 1. The standard InChI is InChI=1S/C30H39N5/c1-5-34(20-17-26-22-31-29-12-8-7-11-28(26)29)25(4)33-30(35-18-9-6-10-19-35)21-24(3)32-27-15-13-23(2)14-16-27/h7-8,11-16,21-22,31-32H,3,5-6,9-10,17-20H2,1-2,4H3/b30-21+,33-25?. The first-order chi connectivity index (χ1) is 17.0. The van der Waals surface area contributed by atoms with Crippen molar-refractivity contribution in [3.8, 4) is 0 Å². The van der Waals surface area contributed by atoms with Crippen molar-refractivity contribution in [2.75, 3.05) is 31.5 Å². The molecule has 1 fully saturated rings. The summed E-state index contributed by atoms with van der Waals surface area (Å²) in [4.78, 5) is 13.3. The maximum Gasteiger partial charge on any atom is 0.132 e. The molecule has 0 spiro atoms. The van der Waals surface area contributed by atoms with Gasteiger partial charge in [-0.3, -0.25) is 0 Å². The van der Waals surface area contributed by atoms with Crippen LogP contribution in [-0.4, -0.2) is 46.8 Å². The average Bonchev–Trinajstić information content (AvgIpc) is 3.29. The van der Waals surface area contributed by atoms with Crippen LogP contribution in [0.3, 0.4) is 0 Å². The molecule has 1 saturated heterocycles. The predicted octanol–water partition coefficient (Wildman–Crippen LogP) is 6.71. The summed E-state index contributed by atoms with van der Waals surface area (Å²) in [6.07, 6.45) is 8.94. The van der Waals surface area contributed by atoms with E-state index in [4.69, 9.17) is 4.99 Å². The summed E-state index contributed by atoms with van der Waals surface area (Å²) in [5, 5.41) is 4.74. The summed E-state index contributed by atoms with van der Waals surface area (Å²) in [5.41, 5.74) is 5.70. The molecule has 0 saturated carbocycles. The van der Waals surface area contributed by atoms with E-state index in [0.29, 0.717) is 0 Å². The minimum absolute atomic E-state index is 0.854. The summed E-state index contributed by atoms with van der Waals surface area (Å²) in [6, 6.07) is 16.9. The number of likely N-dealkylation sites (N-methyl/N-ethyl adjacent to an activating group) is 1. The lowest BCUT2D eigenvalue weighted by Gasteiger charge is -2.30. The van der Waals surface area contributed by atoms with Gasteiger partial charge in [0.1, 0.15) is 11.7 Å². The number of nitrogens with zero attached hydrogens (tertiary/aromatic N) is 3. The zero-order valence-corrected chi connectivity index (χ0v) is 21.5. The molecule has 4 rings (SSSR count). The van der Waals surface area contributed by atoms with Crippen LogP contribution in [0.2, 0.25) is 0 Å². The van der Waals surface area contributed by atoms with Crippen LogP contribution < -0.4 is 5.32 Å². The highest BCUT2D eigenvalue weighted by Gasteiger charge is 2.15. The highest BCUT2D eigenvalue weighted by Crippen LogP contribution is 2.21. The molecule has 0 aliphatic carbocycles. The fourth-order valence-electron chi connectivity index (χ4n) is 4.71. The molecule has 3 aromatic rings. The zero-order valence-electron chi connectivity index (χ0n) is 21.5. The Morgan fingerprint density at radius 2 is 1.86 bits per heavy atom. The van der Waals surface area contributed by atoms with Crippen LogP contribution in [0.4, 0.5) is 5.69 Å². The molecule has 1 aromatic heterocycles. The van der Waals surface area contributed by atoms with Gasteiger partial charge in [0, 0.05) is 60.7 Å². The highest BCUT2D eigenvalue weighted by molar-refractivity contribution is 5.83. The molecule has 5 nitrogen and oxygen atoms in total. The van der Waals surface area contributed by atoms with E-state index in [2.05, 4.69) is 108 Å². The molecule has 0 atom stereocenters. The minimum Gasteiger partial charge on any atom is -0.361 e. The van der Waals surface area contributed by atoms with Crippen molar-refractivity contribution in [2.45, 2.75) is 46.5 Å². The Hall–Kier alpha value is -3.47. The number of anilines is 1. The van der Waals surface area contributed by atoms with Crippen molar-refractivity contribution in [2.24, 2.45) is 4.99 Å². The second kappa shape index (κ2) is 11.8. The van der Waals surface area contributed by atoms with Gasteiger partial charge in [-0.1, -0.05) is 42.5 Å². The number of fused-ring (bicyclic) bond motifs is 1. The molecule has 1 aliphatic rings. The van der Waals surface area contributed by atoms with E-state index in [1.807, 2.05) is 0 Å². The number of allylic oxidation sites excluding steroid dienone is 1. The van der Waals surface area contributed by atoms with Crippen molar-refractivity contribution in [3.63, 3.8) is 0 Å². The van der Waals surface area contributed by atoms with Crippen molar-refractivity contribution >= 4 is 22.4 Å². The van der Waals surface area contributed by atoms with Gasteiger partial charge in [-0.25, -0.2) is 4.99 Å². The Bertz CT molecular complexity index is 1180. The van der Waals surface area contributed by atoms with Crippen LogP contribution in [0.25, 0.3) is 10.9 Å². The molecule has 0 radical (unpaired) electrons. The van der Waals surface area contributed by atoms with Crippen LogP contribution in [0.15, 0.2) is 83.9 Å². The summed E-state index contributed by atoms with van der Waals surface area (Å²) in [6.45, 7) is 14.7. The Balaban J connectivity index is 1.50.